The van der Waals surface area contributed by atoms with Crippen molar-refractivity contribution in [2.45, 2.75) is 19.8 Å². The van der Waals surface area contributed by atoms with Crippen LogP contribution in [0, 0.1) is 18.3 Å². The molecule has 0 aromatic heterocycles. The molecule has 0 aliphatic rings. The lowest BCUT2D eigenvalue weighted by Crippen LogP contribution is -2.11. The molecule has 0 radical (unpaired) electrons. The van der Waals surface area contributed by atoms with Crippen molar-refractivity contribution in [3.8, 4) is 12.3 Å². The van der Waals surface area contributed by atoms with Crippen LogP contribution in [0.15, 0.2) is 0 Å². The Labute approximate surface area is 54.9 Å². The zero-order chi connectivity index (χ0) is 7.28. The molecule has 0 bridgehead atoms. The Morgan fingerprint density at radius 1 is 1.89 bits per heavy atom. The number of aliphatic carboxylic acids is 1. The van der Waals surface area contributed by atoms with Crippen LogP contribution in [0.2, 0.25) is 0 Å². The maximum atomic E-state index is 10.2. The first-order valence-electron chi connectivity index (χ1n) is 2.88. The molecule has 0 unspecified atom stereocenters. The normalized spacial score (nSPS) is 12.0. The van der Waals surface area contributed by atoms with Gasteiger partial charge in [0.05, 0.1) is 5.92 Å². The largest absolute Gasteiger partial charge is 0.481 e. The minimum atomic E-state index is -0.796. The van der Waals surface area contributed by atoms with Crippen molar-refractivity contribution in [3.63, 3.8) is 0 Å². The van der Waals surface area contributed by atoms with E-state index in [1.165, 1.54) is 0 Å². The van der Waals surface area contributed by atoms with Crippen molar-refractivity contribution in [1.29, 1.82) is 0 Å². The van der Waals surface area contributed by atoms with Crippen LogP contribution in [0.25, 0.3) is 0 Å². The zero-order valence-corrected chi connectivity index (χ0v) is 5.42. The topological polar surface area (TPSA) is 37.3 Å². The maximum Gasteiger partial charge on any atom is 0.307 e. The molecular weight excluding hydrogens is 116 g/mol. The predicted molar refractivity (Wildman–Crippen MR) is 34.9 cm³/mol. The fourth-order valence-electron chi connectivity index (χ4n) is 0.549. The van der Waals surface area contributed by atoms with Crippen molar-refractivity contribution in [3.05, 3.63) is 0 Å². The summed E-state index contributed by atoms with van der Waals surface area (Å²) in [5.74, 6) is 1.17. The molecule has 0 fully saturated rings. The molecule has 0 saturated heterocycles. The Morgan fingerprint density at radius 3 is 2.56 bits per heavy atom. The van der Waals surface area contributed by atoms with Crippen LogP contribution in [0.4, 0.5) is 0 Å². The lowest BCUT2D eigenvalue weighted by Gasteiger charge is -2.02. The first-order chi connectivity index (χ1) is 4.22. The standard InChI is InChI=1S/C7H10O2/c1-3-5-6(4-2)7(8)9/h1,6H,4-5H2,2H3,(H,8,9)/t6-/m1/s1. The molecule has 0 aromatic carbocycles. The molecule has 0 aliphatic heterocycles. The molecule has 2 nitrogen and oxygen atoms in total. The molecule has 0 heterocycles. The first-order valence-corrected chi connectivity index (χ1v) is 2.88. The average molecular weight is 126 g/mol. The summed E-state index contributed by atoms with van der Waals surface area (Å²) in [6.45, 7) is 1.82. The van der Waals surface area contributed by atoms with Gasteiger partial charge in [0.15, 0.2) is 0 Å². The summed E-state index contributed by atoms with van der Waals surface area (Å²) in [6.07, 6.45) is 5.88. The van der Waals surface area contributed by atoms with Gasteiger partial charge in [-0.15, -0.1) is 12.3 Å². The van der Waals surface area contributed by atoms with Crippen LogP contribution in [0.3, 0.4) is 0 Å². The second kappa shape index (κ2) is 3.96. The van der Waals surface area contributed by atoms with Crippen LogP contribution < -0.4 is 0 Å². The predicted octanol–water partition coefficient (Wildman–Crippen LogP) is 1.12. The molecule has 1 N–H and O–H groups in total. The van der Waals surface area contributed by atoms with Gasteiger partial charge in [-0.2, -0.15) is 0 Å². The van der Waals surface area contributed by atoms with Crippen molar-refractivity contribution < 1.29 is 9.90 Å². The van der Waals surface area contributed by atoms with Gasteiger partial charge >= 0.3 is 5.97 Å². The van der Waals surface area contributed by atoms with E-state index in [1.54, 1.807) is 0 Å². The van der Waals surface area contributed by atoms with Crippen molar-refractivity contribution in [2.75, 3.05) is 0 Å². The molecule has 1 atom stereocenters. The second-order valence-electron chi connectivity index (χ2n) is 1.85. The van der Waals surface area contributed by atoms with E-state index >= 15 is 0 Å². The van der Waals surface area contributed by atoms with Gasteiger partial charge in [-0.25, -0.2) is 0 Å². The fraction of sp³-hybridized carbons (Fsp3) is 0.571. The Balaban J connectivity index is 3.71. The van der Waals surface area contributed by atoms with Crippen LogP contribution in [0.5, 0.6) is 0 Å². The molecule has 9 heavy (non-hydrogen) atoms. The van der Waals surface area contributed by atoms with Gasteiger partial charge in [-0.05, 0) is 6.42 Å². The second-order valence-corrected chi connectivity index (χ2v) is 1.85. The molecular formula is C7H10O2. The Bertz CT molecular complexity index is 132. The first kappa shape index (κ1) is 8.03. The molecule has 0 amide bonds. The number of carboxylic acids is 1. The van der Waals surface area contributed by atoms with Gasteiger partial charge in [0.1, 0.15) is 0 Å². The van der Waals surface area contributed by atoms with Gasteiger partial charge in [-0.3, -0.25) is 4.79 Å². The SMILES string of the molecule is C#CC[C@@H](CC)C(=O)O. The summed E-state index contributed by atoms with van der Waals surface area (Å²) >= 11 is 0. The molecule has 2 heteroatoms. The Morgan fingerprint density at radius 2 is 2.44 bits per heavy atom. The van der Waals surface area contributed by atoms with E-state index in [2.05, 4.69) is 5.92 Å². The van der Waals surface area contributed by atoms with Crippen LogP contribution in [-0.2, 0) is 4.79 Å². The molecule has 50 valence electrons. The number of carbonyl (C=O) groups is 1. The van der Waals surface area contributed by atoms with Crippen molar-refractivity contribution in [2.24, 2.45) is 5.92 Å². The van der Waals surface area contributed by atoms with E-state index in [1.807, 2.05) is 6.92 Å². The van der Waals surface area contributed by atoms with Gasteiger partial charge in [0, 0.05) is 6.42 Å². The fourth-order valence-corrected chi connectivity index (χ4v) is 0.549. The van der Waals surface area contributed by atoms with E-state index in [0.717, 1.165) is 0 Å². The average Bonchev–Trinajstić information content (AvgIpc) is 1.82. The quantitative estimate of drug-likeness (QED) is 0.575. The maximum absolute atomic E-state index is 10.2. The number of rotatable bonds is 3. The molecule has 0 aromatic rings. The van der Waals surface area contributed by atoms with E-state index in [0.29, 0.717) is 12.8 Å². The summed E-state index contributed by atoms with van der Waals surface area (Å²) in [6, 6.07) is 0. The van der Waals surface area contributed by atoms with E-state index in [-0.39, 0.29) is 5.92 Å². The lowest BCUT2D eigenvalue weighted by atomic mass is 10.0. The smallest absolute Gasteiger partial charge is 0.307 e. The zero-order valence-electron chi connectivity index (χ0n) is 5.42. The third-order valence-corrected chi connectivity index (χ3v) is 1.21. The van der Waals surface area contributed by atoms with Crippen molar-refractivity contribution >= 4 is 5.97 Å². The third kappa shape index (κ3) is 2.76. The summed E-state index contributed by atoms with van der Waals surface area (Å²) in [4.78, 5) is 10.2. The molecule has 0 aliphatic carbocycles. The van der Waals surface area contributed by atoms with E-state index in [9.17, 15) is 4.79 Å². The number of hydrogen-bond donors (Lipinski definition) is 1. The monoisotopic (exact) mass is 126 g/mol. The number of carboxylic acid groups (broad SMARTS) is 1. The van der Waals surface area contributed by atoms with Crippen LogP contribution >= 0.6 is 0 Å². The van der Waals surface area contributed by atoms with Crippen LogP contribution in [0.1, 0.15) is 19.8 Å². The molecule has 0 rings (SSSR count). The highest BCUT2D eigenvalue weighted by Gasteiger charge is 2.11. The van der Waals surface area contributed by atoms with Gasteiger partial charge in [-0.1, -0.05) is 6.92 Å². The summed E-state index contributed by atoms with van der Waals surface area (Å²) < 4.78 is 0. The van der Waals surface area contributed by atoms with E-state index < -0.39 is 5.97 Å². The van der Waals surface area contributed by atoms with E-state index in [4.69, 9.17) is 11.5 Å². The lowest BCUT2D eigenvalue weighted by molar-refractivity contribution is -0.141. The highest BCUT2D eigenvalue weighted by molar-refractivity contribution is 5.70. The van der Waals surface area contributed by atoms with Gasteiger partial charge < -0.3 is 5.11 Å². The Hall–Kier alpha value is -0.970. The number of terminal acetylenes is 1. The summed E-state index contributed by atoms with van der Waals surface area (Å²) in [5, 5.41) is 8.41. The highest BCUT2D eigenvalue weighted by atomic mass is 16.4. The Kier molecular flexibility index (Phi) is 3.54. The van der Waals surface area contributed by atoms with Crippen LogP contribution in [-0.4, -0.2) is 11.1 Å². The highest BCUT2D eigenvalue weighted by Crippen LogP contribution is 2.05. The molecule has 0 spiro atoms. The van der Waals surface area contributed by atoms with Gasteiger partial charge in [0.25, 0.3) is 0 Å². The summed E-state index contributed by atoms with van der Waals surface area (Å²) in [5.41, 5.74) is 0. The molecule has 0 saturated carbocycles. The summed E-state index contributed by atoms with van der Waals surface area (Å²) in [7, 11) is 0. The minimum absolute atomic E-state index is 0.339. The van der Waals surface area contributed by atoms with Gasteiger partial charge in [0.2, 0.25) is 0 Å². The third-order valence-electron chi connectivity index (χ3n) is 1.21. The number of hydrogen-bond acceptors (Lipinski definition) is 1. The van der Waals surface area contributed by atoms with Crippen molar-refractivity contribution in [1.82, 2.24) is 0 Å². The minimum Gasteiger partial charge on any atom is -0.481 e.